The van der Waals surface area contributed by atoms with Crippen molar-refractivity contribution < 1.29 is 0 Å². The van der Waals surface area contributed by atoms with Gasteiger partial charge in [0.2, 0.25) is 0 Å². The van der Waals surface area contributed by atoms with E-state index in [1.807, 2.05) is 30.3 Å². The van der Waals surface area contributed by atoms with Crippen LogP contribution in [0, 0.1) is 11.3 Å². The fraction of sp³-hybridized carbons (Fsp3) is 0.211. The maximum Gasteiger partial charge on any atom is 0.0998 e. The first-order valence-corrected chi connectivity index (χ1v) is 7.78. The number of halogens is 1. The molecule has 0 saturated heterocycles. The molecule has 0 aromatic heterocycles. The number of nitrogens with zero attached hydrogens (tertiary/aromatic N) is 2. The average molecular weight is 311 g/mol. The van der Waals surface area contributed by atoms with Crippen molar-refractivity contribution in [3.63, 3.8) is 0 Å². The highest BCUT2D eigenvalue weighted by molar-refractivity contribution is 6.30. The minimum atomic E-state index is 0.632. The van der Waals surface area contributed by atoms with E-state index >= 15 is 0 Å². The van der Waals surface area contributed by atoms with Crippen molar-refractivity contribution in [2.45, 2.75) is 13.8 Å². The highest BCUT2D eigenvalue weighted by Crippen LogP contribution is 2.21. The van der Waals surface area contributed by atoms with Crippen LogP contribution < -0.4 is 4.90 Å². The summed E-state index contributed by atoms with van der Waals surface area (Å²) in [4.78, 5) is 2.29. The van der Waals surface area contributed by atoms with Crippen LogP contribution in [-0.4, -0.2) is 13.1 Å². The molecule has 0 saturated carbocycles. The molecule has 0 aliphatic rings. The van der Waals surface area contributed by atoms with E-state index in [1.165, 1.54) is 5.69 Å². The van der Waals surface area contributed by atoms with E-state index in [9.17, 15) is 5.26 Å². The second kappa shape index (κ2) is 7.68. The van der Waals surface area contributed by atoms with E-state index in [4.69, 9.17) is 11.6 Å². The first-order valence-electron chi connectivity index (χ1n) is 7.40. The predicted molar refractivity (Wildman–Crippen MR) is 94.9 cm³/mol. The molecular weight excluding hydrogens is 292 g/mol. The number of rotatable bonds is 5. The largest absolute Gasteiger partial charge is 0.372 e. The lowest BCUT2D eigenvalue weighted by Crippen LogP contribution is -2.21. The number of hydrogen-bond acceptors (Lipinski definition) is 2. The highest BCUT2D eigenvalue weighted by Gasteiger charge is 2.03. The Morgan fingerprint density at radius 2 is 1.64 bits per heavy atom. The summed E-state index contributed by atoms with van der Waals surface area (Å²) in [7, 11) is 0. The van der Waals surface area contributed by atoms with Crippen LogP contribution in [0.5, 0.6) is 0 Å². The first kappa shape index (κ1) is 16.1. The van der Waals surface area contributed by atoms with Crippen molar-refractivity contribution in [3.8, 4) is 6.07 Å². The predicted octanol–water partition coefficient (Wildman–Crippen LogP) is 5.25. The quantitative estimate of drug-likeness (QED) is 0.557. The molecule has 0 fully saturated rings. The van der Waals surface area contributed by atoms with Gasteiger partial charge in [0.1, 0.15) is 0 Å². The number of allylic oxidation sites excluding steroid dienone is 1. The number of hydrogen-bond donors (Lipinski definition) is 0. The number of anilines is 1. The molecule has 0 aliphatic heterocycles. The maximum atomic E-state index is 9.37. The molecule has 2 rings (SSSR count). The molecule has 2 nitrogen and oxygen atoms in total. The summed E-state index contributed by atoms with van der Waals surface area (Å²) < 4.78 is 0. The van der Waals surface area contributed by atoms with E-state index in [1.54, 1.807) is 12.1 Å². The van der Waals surface area contributed by atoms with Gasteiger partial charge < -0.3 is 4.90 Å². The van der Waals surface area contributed by atoms with Gasteiger partial charge in [0.25, 0.3) is 0 Å². The minimum absolute atomic E-state index is 0.632. The Hall–Kier alpha value is -2.24. The van der Waals surface area contributed by atoms with Gasteiger partial charge in [-0.15, -0.1) is 0 Å². The normalized spacial score (nSPS) is 11.1. The molecule has 0 amide bonds. The molecule has 2 aromatic rings. The molecule has 0 unspecified atom stereocenters. The van der Waals surface area contributed by atoms with Gasteiger partial charge in [-0.1, -0.05) is 35.9 Å². The van der Waals surface area contributed by atoms with Crippen LogP contribution in [-0.2, 0) is 0 Å². The average Bonchev–Trinajstić information content (AvgIpc) is 2.56. The molecule has 0 N–H and O–H groups in total. The fourth-order valence-corrected chi connectivity index (χ4v) is 2.47. The zero-order valence-electron chi connectivity index (χ0n) is 12.9. The number of benzene rings is 2. The van der Waals surface area contributed by atoms with E-state index in [2.05, 4.69) is 36.9 Å². The van der Waals surface area contributed by atoms with Gasteiger partial charge in [-0.25, -0.2) is 0 Å². The summed E-state index contributed by atoms with van der Waals surface area (Å²) in [5, 5.41) is 10.0. The van der Waals surface area contributed by atoms with E-state index in [0.717, 1.165) is 24.2 Å². The summed E-state index contributed by atoms with van der Waals surface area (Å²) in [6, 6.07) is 17.8. The minimum Gasteiger partial charge on any atom is -0.372 e. The third-order valence-corrected chi connectivity index (χ3v) is 3.86. The molecule has 0 spiro atoms. The fourth-order valence-electron chi connectivity index (χ4n) is 2.35. The Morgan fingerprint density at radius 1 is 1.05 bits per heavy atom. The van der Waals surface area contributed by atoms with E-state index < -0.39 is 0 Å². The van der Waals surface area contributed by atoms with E-state index in [-0.39, 0.29) is 0 Å². The number of nitriles is 1. The van der Waals surface area contributed by atoms with Crippen LogP contribution >= 0.6 is 11.6 Å². The second-order valence-electron chi connectivity index (χ2n) is 4.94. The summed E-state index contributed by atoms with van der Waals surface area (Å²) in [5.41, 5.74) is 3.72. The molecule has 0 heterocycles. The standard InChI is InChI=1S/C19H19ClN2/c1-3-22(4-2)19-11-5-15(6-12-19)13-17(14-21)16-7-9-18(20)10-8-16/h5-13H,3-4H2,1-2H3. The van der Waals surface area contributed by atoms with Gasteiger partial charge in [-0.2, -0.15) is 5.26 Å². The van der Waals surface area contributed by atoms with Gasteiger partial charge in [0.15, 0.2) is 0 Å². The van der Waals surface area contributed by atoms with Gasteiger partial charge in [-0.05, 0) is 55.3 Å². The van der Waals surface area contributed by atoms with Crippen LogP contribution in [0.4, 0.5) is 5.69 Å². The summed E-state index contributed by atoms with van der Waals surface area (Å²) in [6.07, 6.45) is 1.90. The molecule has 0 radical (unpaired) electrons. The van der Waals surface area contributed by atoms with Crippen LogP contribution in [0.2, 0.25) is 5.02 Å². The molecule has 22 heavy (non-hydrogen) atoms. The van der Waals surface area contributed by atoms with Crippen molar-refractivity contribution in [3.05, 3.63) is 64.7 Å². The Labute approximate surface area is 137 Å². The molecule has 0 bridgehead atoms. The van der Waals surface area contributed by atoms with Gasteiger partial charge in [-0.3, -0.25) is 0 Å². The lowest BCUT2D eigenvalue weighted by atomic mass is 10.0. The van der Waals surface area contributed by atoms with Crippen molar-refractivity contribution in [1.82, 2.24) is 0 Å². The van der Waals surface area contributed by atoms with Crippen molar-refractivity contribution in [1.29, 1.82) is 5.26 Å². The summed E-state index contributed by atoms with van der Waals surface area (Å²) >= 11 is 5.89. The third-order valence-electron chi connectivity index (χ3n) is 3.61. The Morgan fingerprint density at radius 3 is 2.14 bits per heavy atom. The maximum absolute atomic E-state index is 9.37. The molecule has 112 valence electrons. The van der Waals surface area contributed by atoms with E-state index in [0.29, 0.717) is 10.6 Å². The highest BCUT2D eigenvalue weighted by atomic mass is 35.5. The molecular formula is C19H19ClN2. The lowest BCUT2D eigenvalue weighted by molar-refractivity contribution is 0.866. The Kier molecular flexibility index (Phi) is 5.63. The molecule has 0 aliphatic carbocycles. The van der Waals surface area contributed by atoms with Crippen molar-refractivity contribution >= 4 is 28.9 Å². The van der Waals surface area contributed by atoms with Gasteiger partial charge in [0, 0.05) is 23.8 Å². The summed E-state index contributed by atoms with van der Waals surface area (Å²) in [6.45, 7) is 6.26. The molecule has 0 atom stereocenters. The lowest BCUT2D eigenvalue weighted by Gasteiger charge is -2.20. The van der Waals surface area contributed by atoms with Crippen LogP contribution in [0.25, 0.3) is 11.6 Å². The monoisotopic (exact) mass is 310 g/mol. The van der Waals surface area contributed by atoms with Gasteiger partial charge in [0.05, 0.1) is 11.6 Å². The molecule has 3 heteroatoms. The summed E-state index contributed by atoms with van der Waals surface area (Å²) in [5.74, 6) is 0. The van der Waals surface area contributed by atoms with Gasteiger partial charge >= 0.3 is 0 Å². The smallest absolute Gasteiger partial charge is 0.0998 e. The molecule has 2 aromatic carbocycles. The zero-order chi connectivity index (χ0) is 15.9. The second-order valence-corrected chi connectivity index (χ2v) is 5.38. The van der Waals surface area contributed by atoms with Crippen molar-refractivity contribution in [2.75, 3.05) is 18.0 Å². The Balaban J connectivity index is 2.27. The van der Waals surface area contributed by atoms with Crippen LogP contribution in [0.15, 0.2) is 48.5 Å². The van der Waals surface area contributed by atoms with Crippen molar-refractivity contribution in [2.24, 2.45) is 0 Å². The van der Waals surface area contributed by atoms with Crippen LogP contribution in [0.1, 0.15) is 25.0 Å². The topological polar surface area (TPSA) is 27.0 Å². The zero-order valence-corrected chi connectivity index (χ0v) is 13.6. The SMILES string of the molecule is CCN(CC)c1ccc(C=C(C#N)c2ccc(Cl)cc2)cc1. The third kappa shape index (κ3) is 3.90. The van der Waals surface area contributed by atoms with Crippen LogP contribution in [0.3, 0.4) is 0 Å². The first-order chi connectivity index (χ1) is 10.7. The Bertz CT molecular complexity index is 675.